The molecule has 0 unspecified atom stereocenters. The van der Waals surface area contributed by atoms with Gasteiger partial charge in [-0.3, -0.25) is 0 Å². The van der Waals surface area contributed by atoms with Gasteiger partial charge < -0.3 is 9.14 Å². The Bertz CT molecular complexity index is 796. The van der Waals surface area contributed by atoms with Gasteiger partial charge in [0.25, 0.3) is 0 Å². The molecule has 0 saturated heterocycles. The largest absolute Gasteiger partial charge is 0.496 e. The number of benzene rings is 1. The monoisotopic (exact) mass is 293 g/mol. The Morgan fingerprint density at radius 3 is 2.71 bits per heavy atom. The number of ether oxygens (including phenoxy) is 1. The van der Waals surface area contributed by atoms with Crippen LogP contribution in [0.2, 0.25) is 0 Å². The van der Waals surface area contributed by atoms with Crippen molar-refractivity contribution < 1.29 is 17.9 Å². The van der Waals surface area contributed by atoms with Crippen LogP contribution in [0.15, 0.2) is 42.9 Å². The molecule has 0 aliphatic rings. The van der Waals surface area contributed by atoms with Crippen molar-refractivity contribution in [1.29, 1.82) is 0 Å². The molecule has 108 valence electrons. The van der Waals surface area contributed by atoms with E-state index >= 15 is 0 Å². The predicted molar refractivity (Wildman–Crippen MR) is 70.0 cm³/mol. The molecule has 0 fully saturated rings. The minimum absolute atomic E-state index is 0.105. The summed E-state index contributed by atoms with van der Waals surface area (Å²) < 4.78 is 45.1. The second-order valence-electron chi connectivity index (χ2n) is 4.39. The van der Waals surface area contributed by atoms with Crippen LogP contribution in [-0.2, 0) is 6.18 Å². The Balaban J connectivity index is 2.21. The summed E-state index contributed by atoms with van der Waals surface area (Å²) in [7, 11) is 1.32. The van der Waals surface area contributed by atoms with Crippen molar-refractivity contribution in [3.8, 4) is 17.0 Å². The third-order valence-electron chi connectivity index (χ3n) is 3.14. The molecule has 0 atom stereocenters. The van der Waals surface area contributed by atoms with Gasteiger partial charge in [0.05, 0.1) is 18.2 Å². The molecule has 3 rings (SSSR count). The molecule has 1 aromatic carbocycles. The molecule has 0 amide bonds. The lowest BCUT2D eigenvalue weighted by molar-refractivity contribution is -0.137. The number of nitrogens with zero attached hydrogens (tertiary/aromatic N) is 3. The Labute approximate surface area is 117 Å². The summed E-state index contributed by atoms with van der Waals surface area (Å²) in [4.78, 5) is 0. The first-order chi connectivity index (χ1) is 10.0. The number of aromatic nitrogens is 3. The highest BCUT2D eigenvalue weighted by Crippen LogP contribution is 2.37. The SMILES string of the molecule is COc1cc(C(F)(F)F)ccc1-c1nncn2cccc12. The van der Waals surface area contributed by atoms with E-state index in [2.05, 4.69) is 10.2 Å². The fourth-order valence-electron chi connectivity index (χ4n) is 2.14. The minimum atomic E-state index is -4.42. The Morgan fingerprint density at radius 2 is 2.00 bits per heavy atom. The number of halogens is 3. The zero-order valence-electron chi connectivity index (χ0n) is 10.9. The summed E-state index contributed by atoms with van der Waals surface area (Å²) >= 11 is 0. The highest BCUT2D eigenvalue weighted by molar-refractivity contribution is 5.80. The van der Waals surface area contributed by atoms with E-state index in [-0.39, 0.29) is 5.75 Å². The van der Waals surface area contributed by atoms with Crippen LogP contribution >= 0.6 is 0 Å². The molecule has 0 aliphatic heterocycles. The first kappa shape index (κ1) is 13.4. The molecular weight excluding hydrogens is 283 g/mol. The molecular formula is C14H10F3N3O. The van der Waals surface area contributed by atoms with Gasteiger partial charge in [-0.25, -0.2) is 0 Å². The van der Waals surface area contributed by atoms with Gasteiger partial charge >= 0.3 is 6.18 Å². The maximum absolute atomic E-state index is 12.8. The van der Waals surface area contributed by atoms with Gasteiger partial charge in [-0.2, -0.15) is 13.2 Å². The lowest BCUT2D eigenvalue weighted by Gasteiger charge is -2.12. The van der Waals surface area contributed by atoms with Gasteiger partial charge in [0.1, 0.15) is 17.8 Å². The first-order valence-electron chi connectivity index (χ1n) is 6.04. The summed E-state index contributed by atoms with van der Waals surface area (Å²) in [5, 5.41) is 7.86. The molecule has 4 nitrogen and oxygen atoms in total. The van der Waals surface area contributed by atoms with E-state index in [1.54, 1.807) is 22.7 Å². The number of fused-ring (bicyclic) bond motifs is 1. The van der Waals surface area contributed by atoms with Gasteiger partial charge in [-0.15, -0.1) is 10.2 Å². The van der Waals surface area contributed by atoms with Crippen LogP contribution < -0.4 is 4.74 Å². The standard InChI is InChI=1S/C14H10F3N3O/c1-21-12-7-9(14(15,16)17)4-5-10(12)13-11-3-2-6-20(11)8-18-19-13/h2-8H,1H3. The fourth-order valence-corrected chi connectivity index (χ4v) is 2.14. The van der Waals surface area contributed by atoms with Crippen molar-refractivity contribution in [2.24, 2.45) is 0 Å². The van der Waals surface area contributed by atoms with Crippen LogP contribution in [0, 0.1) is 0 Å². The summed E-state index contributed by atoms with van der Waals surface area (Å²) in [6.45, 7) is 0. The van der Waals surface area contributed by atoms with Gasteiger partial charge in [0, 0.05) is 11.8 Å². The summed E-state index contributed by atoms with van der Waals surface area (Å²) in [5.74, 6) is 0.105. The molecule has 0 bridgehead atoms. The Morgan fingerprint density at radius 1 is 1.19 bits per heavy atom. The van der Waals surface area contributed by atoms with Crippen molar-refractivity contribution >= 4 is 5.52 Å². The molecule has 0 saturated carbocycles. The zero-order valence-corrected chi connectivity index (χ0v) is 10.9. The van der Waals surface area contributed by atoms with Crippen LogP contribution in [0.3, 0.4) is 0 Å². The van der Waals surface area contributed by atoms with Gasteiger partial charge in [0.15, 0.2) is 0 Å². The Kier molecular flexibility index (Phi) is 3.04. The molecule has 0 spiro atoms. The smallest absolute Gasteiger partial charge is 0.416 e. The lowest BCUT2D eigenvalue weighted by atomic mass is 10.1. The number of hydrogen-bond acceptors (Lipinski definition) is 3. The third-order valence-corrected chi connectivity index (χ3v) is 3.14. The quantitative estimate of drug-likeness (QED) is 0.726. The minimum Gasteiger partial charge on any atom is -0.496 e. The van der Waals surface area contributed by atoms with Crippen molar-refractivity contribution in [1.82, 2.24) is 14.6 Å². The predicted octanol–water partition coefficient (Wildman–Crippen LogP) is 3.42. The topological polar surface area (TPSA) is 39.4 Å². The van der Waals surface area contributed by atoms with Gasteiger partial charge in [0.2, 0.25) is 0 Å². The van der Waals surface area contributed by atoms with E-state index in [4.69, 9.17) is 4.74 Å². The fraction of sp³-hybridized carbons (Fsp3) is 0.143. The van der Waals surface area contributed by atoms with E-state index in [1.165, 1.54) is 19.5 Å². The van der Waals surface area contributed by atoms with Crippen LogP contribution in [0.25, 0.3) is 16.8 Å². The normalized spacial score (nSPS) is 11.8. The van der Waals surface area contributed by atoms with E-state index in [0.29, 0.717) is 11.3 Å². The van der Waals surface area contributed by atoms with E-state index in [9.17, 15) is 13.2 Å². The van der Waals surface area contributed by atoms with Crippen molar-refractivity contribution in [2.45, 2.75) is 6.18 Å². The molecule has 0 radical (unpaired) electrons. The van der Waals surface area contributed by atoms with Crippen molar-refractivity contribution in [3.05, 3.63) is 48.4 Å². The highest BCUT2D eigenvalue weighted by Gasteiger charge is 2.31. The average molecular weight is 293 g/mol. The second kappa shape index (κ2) is 4.76. The molecule has 21 heavy (non-hydrogen) atoms. The van der Waals surface area contributed by atoms with Crippen LogP contribution in [0.4, 0.5) is 13.2 Å². The van der Waals surface area contributed by atoms with Crippen molar-refractivity contribution in [2.75, 3.05) is 7.11 Å². The van der Waals surface area contributed by atoms with Gasteiger partial charge in [-0.1, -0.05) is 0 Å². The first-order valence-corrected chi connectivity index (χ1v) is 6.04. The van der Waals surface area contributed by atoms with Crippen LogP contribution in [0.5, 0.6) is 5.75 Å². The third kappa shape index (κ3) is 2.31. The maximum atomic E-state index is 12.8. The van der Waals surface area contributed by atoms with Crippen molar-refractivity contribution in [3.63, 3.8) is 0 Å². The number of hydrogen-bond donors (Lipinski definition) is 0. The maximum Gasteiger partial charge on any atom is 0.416 e. The average Bonchev–Trinajstić information content (AvgIpc) is 2.94. The van der Waals surface area contributed by atoms with Crippen LogP contribution in [-0.4, -0.2) is 21.7 Å². The molecule has 3 aromatic rings. The van der Waals surface area contributed by atoms with E-state index in [0.717, 1.165) is 17.6 Å². The van der Waals surface area contributed by atoms with Crippen LogP contribution in [0.1, 0.15) is 5.56 Å². The summed E-state index contributed by atoms with van der Waals surface area (Å²) in [5.41, 5.74) is 0.900. The number of rotatable bonds is 2. The highest BCUT2D eigenvalue weighted by atomic mass is 19.4. The molecule has 0 aliphatic carbocycles. The molecule has 7 heteroatoms. The second-order valence-corrected chi connectivity index (χ2v) is 4.39. The summed E-state index contributed by atoms with van der Waals surface area (Å²) in [6, 6.07) is 6.92. The van der Waals surface area contributed by atoms with E-state index < -0.39 is 11.7 Å². The molecule has 0 N–H and O–H groups in total. The van der Waals surface area contributed by atoms with E-state index in [1.807, 2.05) is 0 Å². The zero-order chi connectivity index (χ0) is 15.0. The summed E-state index contributed by atoms with van der Waals surface area (Å²) in [6.07, 6.45) is -1.11. The number of methoxy groups -OCH3 is 1. The lowest BCUT2D eigenvalue weighted by Crippen LogP contribution is -2.05. The Hall–Kier alpha value is -2.57. The molecule has 2 heterocycles. The molecule has 2 aromatic heterocycles. The van der Waals surface area contributed by atoms with Gasteiger partial charge in [-0.05, 0) is 30.3 Å². The number of alkyl halides is 3.